The smallest absolute Gasteiger partial charge is 0.336 e. The molecule has 0 saturated heterocycles. The van der Waals surface area contributed by atoms with Gasteiger partial charge in [0.2, 0.25) is 0 Å². The molecule has 0 aliphatic carbocycles. The van der Waals surface area contributed by atoms with Gasteiger partial charge in [-0.3, -0.25) is 0 Å². The Morgan fingerprint density at radius 1 is 1.15 bits per heavy atom. The molecule has 0 saturated carbocycles. The van der Waals surface area contributed by atoms with Gasteiger partial charge in [0.25, 0.3) is 0 Å². The molecule has 2 aromatic carbocycles. The number of aromatic carboxylic acids is 1. The Balaban J connectivity index is 1.95. The molecule has 0 fully saturated rings. The van der Waals surface area contributed by atoms with Crippen LogP contribution in [-0.2, 0) is 0 Å². The number of benzene rings is 2. The van der Waals surface area contributed by atoms with Gasteiger partial charge in [0.1, 0.15) is 5.69 Å². The summed E-state index contributed by atoms with van der Waals surface area (Å²) in [6, 6.07) is 14.8. The van der Waals surface area contributed by atoms with Gasteiger partial charge in [0.15, 0.2) is 17.1 Å². The highest BCUT2D eigenvalue weighted by atomic mass is 16.5. The fraction of sp³-hybridized carbons (Fsp3) is 0.182. The van der Waals surface area contributed by atoms with E-state index in [1.165, 1.54) is 0 Å². The zero-order valence-electron chi connectivity index (χ0n) is 15.3. The highest BCUT2D eigenvalue weighted by Crippen LogP contribution is 2.34. The van der Waals surface area contributed by atoms with Crippen molar-refractivity contribution in [3.8, 4) is 17.2 Å². The monoisotopic (exact) mass is 361 g/mol. The number of para-hydroxylation sites is 1. The predicted molar refractivity (Wildman–Crippen MR) is 105 cm³/mol. The molecule has 5 heteroatoms. The molecule has 136 valence electrons. The van der Waals surface area contributed by atoms with Crippen LogP contribution in [0.2, 0.25) is 0 Å². The number of carboxylic acid groups (broad SMARTS) is 1. The summed E-state index contributed by atoms with van der Waals surface area (Å²) in [5.41, 5.74) is 3.01. The molecule has 0 spiro atoms. The van der Waals surface area contributed by atoms with Gasteiger partial charge in [-0.2, -0.15) is 0 Å². The third-order valence-electron chi connectivity index (χ3n) is 4.71. The van der Waals surface area contributed by atoms with Crippen molar-refractivity contribution in [3.05, 3.63) is 59.7 Å². The molecule has 0 bridgehead atoms. The normalized spacial score (nSPS) is 11.4. The lowest BCUT2D eigenvalue weighted by Gasteiger charge is -2.10. The molecule has 0 aliphatic rings. The SMILES string of the molecule is COc1cccc2cc(-c3cc(C(=O)O)c4cc(C(C)C)ccc4n3)oc12. The van der Waals surface area contributed by atoms with E-state index in [-0.39, 0.29) is 5.56 Å². The second-order valence-electron chi connectivity index (χ2n) is 6.78. The molecule has 27 heavy (non-hydrogen) atoms. The van der Waals surface area contributed by atoms with Gasteiger partial charge in [-0.15, -0.1) is 0 Å². The van der Waals surface area contributed by atoms with E-state index in [1.54, 1.807) is 13.2 Å². The van der Waals surface area contributed by atoms with Gasteiger partial charge in [-0.1, -0.05) is 32.0 Å². The van der Waals surface area contributed by atoms with E-state index in [0.29, 0.717) is 39.6 Å². The quantitative estimate of drug-likeness (QED) is 0.521. The Morgan fingerprint density at radius 2 is 1.96 bits per heavy atom. The van der Waals surface area contributed by atoms with Gasteiger partial charge in [0.05, 0.1) is 18.2 Å². The lowest BCUT2D eigenvalue weighted by Crippen LogP contribution is -2.01. The summed E-state index contributed by atoms with van der Waals surface area (Å²) < 4.78 is 11.3. The fourth-order valence-electron chi connectivity index (χ4n) is 3.23. The average Bonchev–Trinajstić information content (AvgIpc) is 3.10. The van der Waals surface area contributed by atoms with E-state index < -0.39 is 5.97 Å². The van der Waals surface area contributed by atoms with Crippen LogP contribution in [0.25, 0.3) is 33.3 Å². The van der Waals surface area contributed by atoms with Crippen molar-refractivity contribution < 1.29 is 19.1 Å². The summed E-state index contributed by atoms with van der Waals surface area (Å²) in [4.78, 5) is 16.5. The Labute approximate surface area is 156 Å². The maximum absolute atomic E-state index is 11.9. The predicted octanol–water partition coefficient (Wildman–Crippen LogP) is 5.48. The first kappa shape index (κ1) is 17.1. The maximum atomic E-state index is 11.9. The van der Waals surface area contributed by atoms with Crippen LogP contribution < -0.4 is 4.74 Å². The van der Waals surface area contributed by atoms with E-state index in [1.807, 2.05) is 42.5 Å². The number of carbonyl (C=O) groups is 1. The van der Waals surface area contributed by atoms with Gasteiger partial charge < -0.3 is 14.3 Å². The lowest BCUT2D eigenvalue weighted by molar-refractivity contribution is 0.0699. The lowest BCUT2D eigenvalue weighted by atomic mass is 9.98. The molecular weight excluding hydrogens is 342 g/mol. The van der Waals surface area contributed by atoms with Crippen molar-refractivity contribution in [3.63, 3.8) is 0 Å². The van der Waals surface area contributed by atoms with Crippen LogP contribution >= 0.6 is 0 Å². The van der Waals surface area contributed by atoms with E-state index in [9.17, 15) is 9.90 Å². The minimum Gasteiger partial charge on any atom is -0.493 e. The minimum absolute atomic E-state index is 0.213. The Kier molecular flexibility index (Phi) is 4.07. The van der Waals surface area contributed by atoms with Crippen LogP contribution in [0.1, 0.15) is 35.7 Å². The molecule has 0 unspecified atom stereocenters. The van der Waals surface area contributed by atoms with Gasteiger partial charge in [-0.05, 0) is 41.8 Å². The maximum Gasteiger partial charge on any atom is 0.336 e. The summed E-state index contributed by atoms with van der Waals surface area (Å²) >= 11 is 0. The summed E-state index contributed by atoms with van der Waals surface area (Å²) in [7, 11) is 1.58. The van der Waals surface area contributed by atoms with Crippen LogP contribution in [0.4, 0.5) is 0 Å². The number of hydrogen-bond donors (Lipinski definition) is 1. The third-order valence-corrected chi connectivity index (χ3v) is 4.71. The zero-order chi connectivity index (χ0) is 19.1. The molecule has 4 aromatic rings. The fourth-order valence-corrected chi connectivity index (χ4v) is 3.23. The largest absolute Gasteiger partial charge is 0.493 e. The van der Waals surface area contributed by atoms with E-state index >= 15 is 0 Å². The first-order valence-electron chi connectivity index (χ1n) is 8.73. The van der Waals surface area contributed by atoms with Crippen molar-refractivity contribution in [2.24, 2.45) is 0 Å². The molecule has 2 heterocycles. The van der Waals surface area contributed by atoms with Gasteiger partial charge in [0, 0.05) is 10.8 Å². The number of pyridine rings is 1. The number of carboxylic acids is 1. The Bertz CT molecular complexity index is 1170. The molecule has 0 atom stereocenters. The van der Waals surface area contributed by atoms with Crippen molar-refractivity contribution in [1.82, 2.24) is 4.98 Å². The molecule has 1 N–H and O–H groups in total. The van der Waals surface area contributed by atoms with Gasteiger partial charge >= 0.3 is 5.97 Å². The number of rotatable bonds is 4. The highest BCUT2D eigenvalue weighted by molar-refractivity contribution is 6.04. The van der Waals surface area contributed by atoms with E-state index in [0.717, 1.165) is 10.9 Å². The summed E-state index contributed by atoms with van der Waals surface area (Å²) in [6.07, 6.45) is 0. The van der Waals surface area contributed by atoms with Crippen molar-refractivity contribution in [2.75, 3.05) is 7.11 Å². The second-order valence-corrected chi connectivity index (χ2v) is 6.78. The number of furan rings is 1. The topological polar surface area (TPSA) is 72.6 Å². The number of methoxy groups -OCH3 is 1. The number of ether oxygens (including phenoxy) is 1. The third kappa shape index (κ3) is 2.91. The molecule has 0 aliphatic heterocycles. The number of fused-ring (bicyclic) bond motifs is 2. The zero-order valence-corrected chi connectivity index (χ0v) is 15.3. The second kappa shape index (κ2) is 6.43. The number of hydrogen-bond acceptors (Lipinski definition) is 4. The van der Waals surface area contributed by atoms with Gasteiger partial charge in [-0.25, -0.2) is 9.78 Å². The Morgan fingerprint density at radius 3 is 2.67 bits per heavy atom. The highest BCUT2D eigenvalue weighted by Gasteiger charge is 2.17. The van der Waals surface area contributed by atoms with Crippen LogP contribution in [0.15, 0.2) is 52.9 Å². The Hall–Kier alpha value is -3.34. The molecular formula is C22H19NO4. The summed E-state index contributed by atoms with van der Waals surface area (Å²) in [5, 5.41) is 11.2. The average molecular weight is 361 g/mol. The van der Waals surface area contributed by atoms with Crippen LogP contribution in [0.5, 0.6) is 5.75 Å². The molecule has 5 nitrogen and oxygen atoms in total. The molecule has 4 rings (SSSR count). The first-order valence-corrected chi connectivity index (χ1v) is 8.73. The minimum atomic E-state index is -0.988. The molecule has 2 aromatic heterocycles. The van der Waals surface area contributed by atoms with Crippen LogP contribution in [-0.4, -0.2) is 23.2 Å². The summed E-state index contributed by atoms with van der Waals surface area (Å²) in [5.74, 6) is 0.447. The van der Waals surface area contributed by atoms with Crippen LogP contribution in [0.3, 0.4) is 0 Å². The van der Waals surface area contributed by atoms with E-state index in [2.05, 4.69) is 18.8 Å². The number of nitrogens with zero attached hydrogens (tertiary/aromatic N) is 1. The summed E-state index contributed by atoms with van der Waals surface area (Å²) in [6.45, 7) is 4.15. The van der Waals surface area contributed by atoms with Crippen molar-refractivity contribution in [1.29, 1.82) is 0 Å². The number of aromatic nitrogens is 1. The van der Waals surface area contributed by atoms with Crippen LogP contribution in [0, 0.1) is 0 Å². The molecule has 0 amide bonds. The standard InChI is InChI=1S/C22H19NO4/c1-12(2)13-7-8-17-15(9-13)16(22(24)25)11-18(23-17)20-10-14-5-4-6-19(26-3)21(14)27-20/h4-12H,1-3H3,(H,24,25). The first-order chi connectivity index (χ1) is 13.0. The van der Waals surface area contributed by atoms with E-state index in [4.69, 9.17) is 9.15 Å². The van der Waals surface area contributed by atoms with Crippen molar-refractivity contribution in [2.45, 2.75) is 19.8 Å². The van der Waals surface area contributed by atoms with Crippen molar-refractivity contribution >= 4 is 27.8 Å². The molecule has 0 radical (unpaired) electrons.